The van der Waals surface area contributed by atoms with E-state index in [4.69, 9.17) is 21.1 Å². The zero-order valence-electron chi connectivity index (χ0n) is 15.6. The van der Waals surface area contributed by atoms with Gasteiger partial charge in [0.15, 0.2) is 5.78 Å². The Hall–Kier alpha value is -2.33. The molecule has 27 heavy (non-hydrogen) atoms. The molecule has 0 bridgehead atoms. The first-order chi connectivity index (χ1) is 13.0. The SMILES string of the molecule is COc1ccc(C(C)=O)cc1COC(=O)C1(c2ccc(Cl)cc2)CCCC1. The molecule has 3 rings (SSSR count). The van der Waals surface area contributed by atoms with Crippen molar-refractivity contribution in [3.8, 4) is 5.75 Å². The molecular formula is C22H23ClO4. The number of halogens is 1. The highest BCUT2D eigenvalue weighted by Crippen LogP contribution is 2.42. The predicted octanol–water partition coefficient (Wildman–Crippen LogP) is 5.11. The Morgan fingerprint density at radius 1 is 1.07 bits per heavy atom. The van der Waals surface area contributed by atoms with Crippen molar-refractivity contribution in [2.75, 3.05) is 7.11 Å². The average Bonchev–Trinajstić information content (AvgIpc) is 3.17. The Morgan fingerprint density at radius 2 is 1.74 bits per heavy atom. The van der Waals surface area contributed by atoms with Crippen molar-refractivity contribution in [3.63, 3.8) is 0 Å². The summed E-state index contributed by atoms with van der Waals surface area (Å²) < 4.78 is 11.1. The molecule has 0 unspecified atom stereocenters. The van der Waals surface area contributed by atoms with E-state index in [1.165, 1.54) is 6.92 Å². The van der Waals surface area contributed by atoms with Gasteiger partial charge in [0.25, 0.3) is 0 Å². The number of ether oxygens (including phenoxy) is 2. The molecule has 1 saturated carbocycles. The number of Topliss-reactive ketones (excluding diaryl/α,β-unsaturated/α-hetero) is 1. The summed E-state index contributed by atoms with van der Waals surface area (Å²) in [6.07, 6.45) is 3.50. The van der Waals surface area contributed by atoms with E-state index < -0.39 is 5.41 Å². The molecule has 0 atom stereocenters. The number of benzene rings is 2. The van der Waals surface area contributed by atoms with Crippen LogP contribution in [0.25, 0.3) is 0 Å². The Bertz CT molecular complexity index is 836. The van der Waals surface area contributed by atoms with Gasteiger partial charge in [0, 0.05) is 16.1 Å². The van der Waals surface area contributed by atoms with Crippen LogP contribution in [-0.2, 0) is 21.6 Å². The molecule has 4 nitrogen and oxygen atoms in total. The van der Waals surface area contributed by atoms with Gasteiger partial charge in [-0.2, -0.15) is 0 Å². The monoisotopic (exact) mass is 386 g/mol. The van der Waals surface area contributed by atoms with Gasteiger partial charge in [-0.3, -0.25) is 9.59 Å². The molecule has 0 heterocycles. The quantitative estimate of drug-likeness (QED) is 0.511. The van der Waals surface area contributed by atoms with Crippen molar-refractivity contribution in [1.82, 2.24) is 0 Å². The molecule has 0 saturated heterocycles. The molecule has 2 aromatic rings. The Morgan fingerprint density at radius 3 is 2.33 bits per heavy atom. The Labute approximate surface area is 164 Å². The smallest absolute Gasteiger partial charge is 0.316 e. The highest BCUT2D eigenvalue weighted by atomic mass is 35.5. The summed E-state index contributed by atoms with van der Waals surface area (Å²) in [4.78, 5) is 24.7. The number of esters is 1. The Kier molecular flexibility index (Phi) is 5.85. The van der Waals surface area contributed by atoms with Gasteiger partial charge in [-0.25, -0.2) is 0 Å². The third-order valence-corrected chi connectivity index (χ3v) is 5.54. The minimum Gasteiger partial charge on any atom is -0.496 e. The largest absolute Gasteiger partial charge is 0.496 e. The lowest BCUT2D eigenvalue weighted by molar-refractivity contribution is -0.152. The van der Waals surface area contributed by atoms with Crippen LogP contribution in [0.1, 0.15) is 54.1 Å². The second kappa shape index (κ2) is 8.13. The van der Waals surface area contributed by atoms with Gasteiger partial charge in [-0.1, -0.05) is 36.6 Å². The highest BCUT2D eigenvalue weighted by Gasteiger charge is 2.44. The maximum Gasteiger partial charge on any atom is 0.316 e. The van der Waals surface area contributed by atoms with Crippen molar-refractivity contribution >= 4 is 23.4 Å². The van der Waals surface area contributed by atoms with E-state index in [1.54, 1.807) is 25.3 Å². The predicted molar refractivity (Wildman–Crippen MR) is 104 cm³/mol. The number of methoxy groups -OCH3 is 1. The molecule has 0 radical (unpaired) electrons. The lowest BCUT2D eigenvalue weighted by atomic mass is 9.79. The van der Waals surface area contributed by atoms with Crippen molar-refractivity contribution in [1.29, 1.82) is 0 Å². The van der Waals surface area contributed by atoms with Gasteiger partial charge in [0.1, 0.15) is 12.4 Å². The van der Waals surface area contributed by atoms with Gasteiger partial charge < -0.3 is 9.47 Å². The minimum atomic E-state index is -0.629. The van der Waals surface area contributed by atoms with Crippen LogP contribution in [-0.4, -0.2) is 18.9 Å². The first-order valence-electron chi connectivity index (χ1n) is 9.07. The van der Waals surface area contributed by atoms with E-state index in [-0.39, 0.29) is 18.4 Å². The lowest BCUT2D eigenvalue weighted by Gasteiger charge is -2.27. The molecule has 5 heteroatoms. The zero-order valence-corrected chi connectivity index (χ0v) is 16.3. The van der Waals surface area contributed by atoms with Gasteiger partial charge >= 0.3 is 5.97 Å². The minimum absolute atomic E-state index is 0.0429. The second-order valence-electron chi connectivity index (χ2n) is 6.96. The van der Waals surface area contributed by atoms with Gasteiger partial charge in [-0.15, -0.1) is 0 Å². The fourth-order valence-electron chi connectivity index (χ4n) is 3.75. The van der Waals surface area contributed by atoms with Crippen molar-refractivity contribution in [3.05, 3.63) is 64.2 Å². The third kappa shape index (κ3) is 4.01. The molecule has 1 aliphatic rings. The number of carbonyl (C=O) groups is 2. The standard InChI is InChI=1S/C22H23ClO4/c1-15(24)16-5-10-20(26-2)17(13-16)14-27-21(25)22(11-3-4-12-22)18-6-8-19(23)9-7-18/h5-10,13H,3-4,11-12,14H2,1-2H3. The van der Waals surface area contributed by atoms with Crippen LogP contribution >= 0.6 is 11.6 Å². The Balaban J connectivity index is 1.82. The normalized spacial score (nSPS) is 15.4. The number of ketones is 1. The summed E-state index contributed by atoms with van der Waals surface area (Å²) >= 11 is 6.00. The maximum absolute atomic E-state index is 13.1. The highest BCUT2D eigenvalue weighted by molar-refractivity contribution is 6.30. The summed E-state index contributed by atoms with van der Waals surface area (Å²) in [5.41, 5.74) is 1.56. The molecular weight excluding hydrogens is 364 g/mol. The van der Waals surface area contributed by atoms with Crippen molar-refractivity contribution in [2.24, 2.45) is 0 Å². The number of hydrogen-bond acceptors (Lipinski definition) is 4. The van der Waals surface area contributed by atoms with Crippen LogP contribution in [0.5, 0.6) is 5.75 Å². The fraction of sp³-hybridized carbons (Fsp3) is 0.364. The molecule has 0 amide bonds. The fourth-order valence-corrected chi connectivity index (χ4v) is 3.88. The number of rotatable bonds is 6. The number of hydrogen-bond donors (Lipinski definition) is 0. The second-order valence-corrected chi connectivity index (χ2v) is 7.39. The zero-order chi connectivity index (χ0) is 19.4. The molecule has 0 aromatic heterocycles. The van der Waals surface area contributed by atoms with Crippen LogP contribution in [0.15, 0.2) is 42.5 Å². The van der Waals surface area contributed by atoms with Gasteiger partial charge in [-0.05, 0) is 55.7 Å². The molecule has 0 spiro atoms. The third-order valence-electron chi connectivity index (χ3n) is 5.29. The first-order valence-corrected chi connectivity index (χ1v) is 9.45. The van der Waals surface area contributed by atoms with Crippen molar-refractivity contribution in [2.45, 2.75) is 44.6 Å². The van der Waals surface area contributed by atoms with Crippen LogP contribution in [0.2, 0.25) is 5.02 Å². The summed E-state index contributed by atoms with van der Waals surface area (Å²) in [5.74, 6) is 0.316. The van der Waals surface area contributed by atoms with Crippen LogP contribution in [0.3, 0.4) is 0 Å². The summed E-state index contributed by atoms with van der Waals surface area (Å²) in [6.45, 7) is 1.57. The first kappa shape index (κ1) is 19.4. The summed E-state index contributed by atoms with van der Waals surface area (Å²) in [7, 11) is 1.56. The van der Waals surface area contributed by atoms with E-state index in [1.807, 2.05) is 24.3 Å². The molecule has 142 valence electrons. The molecule has 1 aliphatic carbocycles. The van der Waals surface area contributed by atoms with Gasteiger partial charge in [0.05, 0.1) is 12.5 Å². The maximum atomic E-state index is 13.1. The molecule has 0 N–H and O–H groups in total. The van der Waals surface area contributed by atoms with E-state index in [0.29, 0.717) is 21.9 Å². The van der Waals surface area contributed by atoms with Crippen LogP contribution in [0, 0.1) is 0 Å². The average molecular weight is 387 g/mol. The van der Waals surface area contributed by atoms with E-state index in [0.717, 1.165) is 31.2 Å². The summed E-state index contributed by atoms with van der Waals surface area (Å²) in [5, 5.41) is 0.644. The van der Waals surface area contributed by atoms with Crippen LogP contribution < -0.4 is 4.74 Å². The van der Waals surface area contributed by atoms with Gasteiger partial charge in [0.2, 0.25) is 0 Å². The molecule has 2 aromatic carbocycles. The van der Waals surface area contributed by atoms with E-state index in [2.05, 4.69) is 0 Å². The van der Waals surface area contributed by atoms with Crippen LogP contribution in [0.4, 0.5) is 0 Å². The lowest BCUT2D eigenvalue weighted by Crippen LogP contribution is -2.34. The van der Waals surface area contributed by atoms with E-state index >= 15 is 0 Å². The number of carbonyl (C=O) groups excluding carboxylic acids is 2. The van der Waals surface area contributed by atoms with E-state index in [9.17, 15) is 9.59 Å². The topological polar surface area (TPSA) is 52.6 Å². The summed E-state index contributed by atoms with van der Waals surface area (Å²) in [6, 6.07) is 12.6. The molecule has 1 fully saturated rings. The van der Waals surface area contributed by atoms with Crippen molar-refractivity contribution < 1.29 is 19.1 Å². The molecule has 0 aliphatic heterocycles.